The lowest BCUT2D eigenvalue weighted by Crippen LogP contribution is -2.32. The molecule has 2 N–H and O–H groups in total. The minimum Gasteiger partial charge on any atom is -0.399 e. The topological polar surface area (TPSA) is 55.6 Å². The van der Waals surface area contributed by atoms with Crippen LogP contribution in [0, 0.1) is 6.92 Å². The number of nitrogen functional groups attached to an aromatic ring is 1. The maximum absolute atomic E-state index is 11.9. The van der Waals surface area contributed by atoms with E-state index in [1.807, 2.05) is 25.1 Å². The van der Waals surface area contributed by atoms with Gasteiger partial charge in [-0.1, -0.05) is 0 Å². The molecule has 4 heteroatoms. The van der Waals surface area contributed by atoms with Gasteiger partial charge in [-0.05, 0) is 30.7 Å². The number of ether oxygens (including phenoxy) is 1. The SMILES string of the molecule is Cc1cc(N)ccc1N1CCOCCC1=O. The summed E-state index contributed by atoms with van der Waals surface area (Å²) in [5, 5.41) is 0. The summed E-state index contributed by atoms with van der Waals surface area (Å²) in [6.45, 7) is 3.69. The Morgan fingerprint density at radius 1 is 1.38 bits per heavy atom. The molecule has 1 aliphatic rings. The van der Waals surface area contributed by atoms with Crippen LogP contribution in [0.5, 0.6) is 0 Å². The Labute approximate surface area is 95.0 Å². The molecule has 0 saturated carbocycles. The van der Waals surface area contributed by atoms with Crippen LogP contribution in [0.1, 0.15) is 12.0 Å². The smallest absolute Gasteiger partial charge is 0.229 e. The predicted molar refractivity (Wildman–Crippen MR) is 63.4 cm³/mol. The fourth-order valence-corrected chi connectivity index (χ4v) is 1.91. The van der Waals surface area contributed by atoms with Gasteiger partial charge in [0.2, 0.25) is 5.91 Å². The van der Waals surface area contributed by atoms with Crippen molar-refractivity contribution in [3.8, 4) is 0 Å². The summed E-state index contributed by atoms with van der Waals surface area (Å²) >= 11 is 0. The minimum atomic E-state index is 0.116. The lowest BCUT2D eigenvalue weighted by molar-refractivity contribution is -0.118. The highest BCUT2D eigenvalue weighted by atomic mass is 16.5. The van der Waals surface area contributed by atoms with Crippen molar-refractivity contribution < 1.29 is 9.53 Å². The number of nitrogens with zero attached hydrogens (tertiary/aromatic N) is 1. The third-order valence-electron chi connectivity index (χ3n) is 2.73. The molecule has 0 atom stereocenters. The molecule has 4 nitrogen and oxygen atoms in total. The zero-order valence-electron chi connectivity index (χ0n) is 9.40. The van der Waals surface area contributed by atoms with E-state index in [-0.39, 0.29) is 5.91 Å². The summed E-state index contributed by atoms with van der Waals surface area (Å²) in [5.74, 6) is 0.116. The zero-order valence-corrected chi connectivity index (χ0v) is 9.40. The Kier molecular flexibility index (Phi) is 3.10. The average molecular weight is 220 g/mol. The monoisotopic (exact) mass is 220 g/mol. The second-order valence-electron chi connectivity index (χ2n) is 3.95. The molecule has 86 valence electrons. The van der Waals surface area contributed by atoms with Crippen LogP contribution in [0.2, 0.25) is 0 Å². The summed E-state index contributed by atoms with van der Waals surface area (Å²) in [6, 6.07) is 5.60. The first kappa shape index (κ1) is 11.0. The van der Waals surface area contributed by atoms with Crippen molar-refractivity contribution in [2.45, 2.75) is 13.3 Å². The zero-order chi connectivity index (χ0) is 11.5. The molecule has 0 bridgehead atoms. The number of benzene rings is 1. The third kappa shape index (κ3) is 2.17. The van der Waals surface area contributed by atoms with Crippen molar-refractivity contribution in [1.82, 2.24) is 0 Å². The largest absolute Gasteiger partial charge is 0.399 e. The van der Waals surface area contributed by atoms with Gasteiger partial charge in [-0.15, -0.1) is 0 Å². The van der Waals surface area contributed by atoms with Crippen molar-refractivity contribution in [3.63, 3.8) is 0 Å². The molecule has 1 aromatic rings. The van der Waals surface area contributed by atoms with E-state index in [4.69, 9.17) is 10.5 Å². The van der Waals surface area contributed by atoms with Crippen LogP contribution < -0.4 is 10.6 Å². The van der Waals surface area contributed by atoms with E-state index in [1.54, 1.807) is 4.90 Å². The van der Waals surface area contributed by atoms with E-state index < -0.39 is 0 Å². The molecule has 0 aromatic heterocycles. The highest BCUT2D eigenvalue weighted by Gasteiger charge is 2.19. The second-order valence-corrected chi connectivity index (χ2v) is 3.95. The molecule has 2 rings (SSSR count). The second kappa shape index (κ2) is 4.53. The summed E-state index contributed by atoms with van der Waals surface area (Å²) in [7, 11) is 0. The minimum absolute atomic E-state index is 0.116. The van der Waals surface area contributed by atoms with Crippen LogP contribution in [0.4, 0.5) is 11.4 Å². The van der Waals surface area contributed by atoms with E-state index in [0.717, 1.165) is 16.9 Å². The predicted octanol–water partition coefficient (Wildman–Crippen LogP) is 1.33. The number of hydrogen-bond donors (Lipinski definition) is 1. The molecule has 1 aliphatic heterocycles. The van der Waals surface area contributed by atoms with E-state index in [0.29, 0.717) is 26.2 Å². The van der Waals surface area contributed by atoms with Crippen LogP contribution in [-0.2, 0) is 9.53 Å². The summed E-state index contributed by atoms with van der Waals surface area (Å²) in [4.78, 5) is 13.6. The maximum atomic E-state index is 11.9. The molecule has 0 spiro atoms. The Balaban J connectivity index is 2.30. The molecular weight excluding hydrogens is 204 g/mol. The highest BCUT2D eigenvalue weighted by Crippen LogP contribution is 2.23. The van der Waals surface area contributed by atoms with Crippen LogP contribution in [0.3, 0.4) is 0 Å². The highest BCUT2D eigenvalue weighted by molar-refractivity contribution is 5.94. The maximum Gasteiger partial charge on any atom is 0.229 e. The standard InChI is InChI=1S/C12H16N2O2/c1-9-8-10(13)2-3-11(9)14-5-7-16-6-4-12(14)15/h2-3,8H,4-7,13H2,1H3. The van der Waals surface area contributed by atoms with Crippen LogP contribution >= 0.6 is 0 Å². The fourth-order valence-electron chi connectivity index (χ4n) is 1.91. The van der Waals surface area contributed by atoms with Crippen molar-refractivity contribution in [3.05, 3.63) is 23.8 Å². The lowest BCUT2D eigenvalue weighted by atomic mass is 10.1. The third-order valence-corrected chi connectivity index (χ3v) is 2.73. The number of rotatable bonds is 1. The van der Waals surface area contributed by atoms with Crippen LogP contribution in [0.25, 0.3) is 0 Å². The van der Waals surface area contributed by atoms with Gasteiger partial charge in [0.05, 0.1) is 19.6 Å². The lowest BCUT2D eigenvalue weighted by Gasteiger charge is -2.22. The summed E-state index contributed by atoms with van der Waals surface area (Å²) in [6.07, 6.45) is 0.448. The fraction of sp³-hybridized carbons (Fsp3) is 0.417. The Morgan fingerprint density at radius 2 is 2.19 bits per heavy atom. The van der Waals surface area contributed by atoms with Crippen molar-refractivity contribution in [2.75, 3.05) is 30.4 Å². The summed E-state index contributed by atoms with van der Waals surface area (Å²) < 4.78 is 5.29. The quantitative estimate of drug-likeness (QED) is 0.726. The van der Waals surface area contributed by atoms with Crippen molar-refractivity contribution >= 4 is 17.3 Å². The van der Waals surface area contributed by atoms with Gasteiger partial charge in [0.1, 0.15) is 0 Å². The normalized spacial score (nSPS) is 17.3. The van der Waals surface area contributed by atoms with Crippen molar-refractivity contribution in [2.24, 2.45) is 0 Å². The first-order valence-corrected chi connectivity index (χ1v) is 5.43. The molecule has 0 aliphatic carbocycles. The molecule has 1 heterocycles. The summed E-state index contributed by atoms with van der Waals surface area (Å²) in [5.41, 5.74) is 8.37. The Hall–Kier alpha value is -1.55. The first-order chi connectivity index (χ1) is 7.68. The number of aryl methyl sites for hydroxylation is 1. The Bertz CT molecular complexity index is 404. The van der Waals surface area contributed by atoms with Crippen LogP contribution in [-0.4, -0.2) is 25.7 Å². The number of carbonyl (C=O) groups excluding carboxylic acids is 1. The van der Waals surface area contributed by atoms with E-state index in [1.165, 1.54) is 0 Å². The van der Waals surface area contributed by atoms with Gasteiger partial charge in [-0.25, -0.2) is 0 Å². The van der Waals surface area contributed by atoms with E-state index >= 15 is 0 Å². The number of nitrogens with two attached hydrogens (primary N) is 1. The van der Waals surface area contributed by atoms with Crippen molar-refractivity contribution in [1.29, 1.82) is 0 Å². The number of carbonyl (C=O) groups is 1. The van der Waals surface area contributed by atoms with Gasteiger partial charge in [0.25, 0.3) is 0 Å². The molecule has 1 amide bonds. The van der Waals surface area contributed by atoms with E-state index in [2.05, 4.69) is 0 Å². The number of hydrogen-bond acceptors (Lipinski definition) is 3. The Morgan fingerprint density at radius 3 is 2.94 bits per heavy atom. The van der Waals surface area contributed by atoms with E-state index in [9.17, 15) is 4.79 Å². The van der Waals surface area contributed by atoms with Gasteiger partial charge in [0.15, 0.2) is 0 Å². The first-order valence-electron chi connectivity index (χ1n) is 5.43. The van der Waals surface area contributed by atoms with Gasteiger partial charge in [-0.2, -0.15) is 0 Å². The van der Waals surface area contributed by atoms with Gasteiger partial charge in [-0.3, -0.25) is 4.79 Å². The molecule has 1 saturated heterocycles. The molecular formula is C12H16N2O2. The van der Waals surface area contributed by atoms with Crippen LogP contribution in [0.15, 0.2) is 18.2 Å². The van der Waals surface area contributed by atoms with Gasteiger partial charge < -0.3 is 15.4 Å². The van der Waals surface area contributed by atoms with Gasteiger partial charge >= 0.3 is 0 Å². The average Bonchev–Trinajstić information content (AvgIpc) is 2.44. The molecule has 0 radical (unpaired) electrons. The molecule has 16 heavy (non-hydrogen) atoms. The molecule has 1 aromatic carbocycles. The molecule has 1 fully saturated rings. The molecule has 0 unspecified atom stereocenters. The number of amides is 1. The number of anilines is 2. The van der Waals surface area contributed by atoms with Gasteiger partial charge in [0, 0.05) is 17.9 Å².